The quantitative estimate of drug-likeness (QED) is 0.548. The minimum absolute atomic E-state index is 0. The fourth-order valence-electron chi connectivity index (χ4n) is 3.09. The second kappa shape index (κ2) is 2.02. The lowest BCUT2D eigenvalue weighted by Crippen LogP contribution is -2.39. The molecule has 0 aromatic rings. The first-order valence-corrected chi connectivity index (χ1v) is 4.28. The number of hydrogen-bond donors (Lipinski definition) is 1. The fourth-order valence-corrected chi connectivity index (χ4v) is 3.09. The van der Waals surface area contributed by atoms with Crippen molar-refractivity contribution in [3.05, 3.63) is 12.2 Å². The molecule has 1 saturated heterocycles. The molecule has 0 amide bonds. The van der Waals surface area contributed by atoms with Gasteiger partial charge in [0, 0.05) is 23.9 Å². The Labute approximate surface area is 73.7 Å². The number of rotatable bonds is 0. The first-order valence-electron chi connectivity index (χ1n) is 4.28. The predicted octanol–water partition coefficient (Wildman–Crippen LogP) is 1.74. The summed E-state index contributed by atoms with van der Waals surface area (Å²) in [5, 5.41) is 3.51. The Hall–Kier alpha value is -0.0100. The van der Waals surface area contributed by atoms with Crippen molar-refractivity contribution in [2.45, 2.75) is 19.3 Å². The van der Waals surface area contributed by atoms with E-state index in [1.54, 1.807) is 0 Å². The Bertz CT molecular complexity index is 180. The zero-order valence-electron chi connectivity index (χ0n) is 6.60. The summed E-state index contributed by atoms with van der Waals surface area (Å²) >= 11 is 0. The summed E-state index contributed by atoms with van der Waals surface area (Å²) in [6.45, 7) is 2.51. The van der Waals surface area contributed by atoms with Gasteiger partial charge in [0.15, 0.2) is 0 Å². The summed E-state index contributed by atoms with van der Waals surface area (Å²) in [6, 6.07) is 0. The van der Waals surface area contributed by atoms with Crippen LogP contribution >= 0.6 is 12.4 Å². The lowest BCUT2D eigenvalue weighted by atomic mass is 9.60. The van der Waals surface area contributed by atoms with E-state index in [9.17, 15) is 0 Å². The zero-order chi connectivity index (χ0) is 6.66. The van der Waals surface area contributed by atoms with Gasteiger partial charge in [0.05, 0.1) is 0 Å². The van der Waals surface area contributed by atoms with Crippen molar-refractivity contribution in [1.29, 1.82) is 0 Å². The molecular formula is C9H14ClN. The van der Waals surface area contributed by atoms with Crippen molar-refractivity contribution in [3.8, 4) is 0 Å². The van der Waals surface area contributed by atoms with E-state index in [-0.39, 0.29) is 12.4 Å². The van der Waals surface area contributed by atoms with Crippen LogP contribution in [0.4, 0.5) is 0 Å². The molecule has 11 heavy (non-hydrogen) atoms. The Morgan fingerprint density at radius 2 is 1.55 bits per heavy atom. The monoisotopic (exact) mass is 171 g/mol. The second-order valence-electron chi connectivity index (χ2n) is 4.10. The Balaban J connectivity index is 0.000000480. The minimum Gasteiger partial charge on any atom is -0.315 e. The molecule has 1 N–H and O–H groups in total. The lowest BCUT2D eigenvalue weighted by Gasteiger charge is -2.43. The second-order valence-corrected chi connectivity index (χ2v) is 4.10. The van der Waals surface area contributed by atoms with Gasteiger partial charge in [-0.1, -0.05) is 18.6 Å². The molecule has 2 aliphatic carbocycles. The third-order valence-electron chi connectivity index (χ3n) is 3.84. The van der Waals surface area contributed by atoms with E-state index >= 15 is 0 Å². The smallest absolute Gasteiger partial charge is 0.0110 e. The summed E-state index contributed by atoms with van der Waals surface area (Å²) < 4.78 is 0. The van der Waals surface area contributed by atoms with Gasteiger partial charge in [0.25, 0.3) is 0 Å². The van der Waals surface area contributed by atoms with E-state index in [1.165, 1.54) is 32.4 Å². The van der Waals surface area contributed by atoms with Gasteiger partial charge in [0.2, 0.25) is 0 Å². The van der Waals surface area contributed by atoms with Crippen molar-refractivity contribution in [1.82, 2.24) is 5.32 Å². The van der Waals surface area contributed by atoms with Gasteiger partial charge in [-0.3, -0.25) is 0 Å². The molecule has 1 heterocycles. The van der Waals surface area contributed by atoms with Crippen molar-refractivity contribution in [2.24, 2.45) is 10.8 Å². The van der Waals surface area contributed by atoms with Gasteiger partial charge in [0.1, 0.15) is 0 Å². The van der Waals surface area contributed by atoms with E-state index in [0.29, 0.717) is 10.8 Å². The topological polar surface area (TPSA) is 12.0 Å². The molecule has 1 saturated carbocycles. The van der Waals surface area contributed by atoms with Crippen LogP contribution in [-0.2, 0) is 0 Å². The maximum absolute atomic E-state index is 3.51. The highest BCUT2D eigenvalue weighted by Crippen LogP contribution is 2.62. The van der Waals surface area contributed by atoms with Crippen LogP contribution in [0.2, 0.25) is 0 Å². The first-order chi connectivity index (χ1) is 4.87. The molecule has 1 aliphatic heterocycles. The molecule has 3 aliphatic rings. The summed E-state index contributed by atoms with van der Waals surface area (Å²) in [4.78, 5) is 0. The van der Waals surface area contributed by atoms with E-state index < -0.39 is 0 Å². The minimum atomic E-state index is 0. The Morgan fingerprint density at radius 1 is 1.00 bits per heavy atom. The van der Waals surface area contributed by atoms with Crippen molar-refractivity contribution in [3.63, 3.8) is 0 Å². The molecule has 3 rings (SSSR count). The normalized spacial score (nSPS) is 50.9. The lowest BCUT2D eigenvalue weighted by molar-refractivity contribution is 0.217. The summed E-state index contributed by atoms with van der Waals surface area (Å²) in [6.07, 6.45) is 9.22. The van der Waals surface area contributed by atoms with Crippen LogP contribution in [0.1, 0.15) is 19.3 Å². The van der Waals surface area contributed by atoms with E-state index in [1.807, 2.05) is 0 Å². The molecule has 0 aromatic heterocycles. The fraction of sp³-hybridized carbons (Fsp3) is 0.778. The molecule has 2 unspecified atom stereocenters. The predicted molar refractivity (Wildman–Crippen MR) is 48.0 cm³/mol. The SMILES string of the molecule is C1=CC23CCCC12CNC3.Cl. The van der Waals surface area contributed by atoms with Crippen molar-refractivity contribution >= 4 is 12.4 Å². The van der Waals surface area contributed by atoms with Crippen LogP contribution in [0.15, 0.2) is 12.2 Å². The Morgan fingerprint density at radius 3 is 2.00 bits per heavy atom. The molecule has 62 valence electrons. The molecule has 0 aromatic carbocycles. The molecule has 0 radical (unpaired) electrons. The van der Waals surface area contributed by atoms with Crippen LogP contribution in [0.5, 0.6) is 0 Å². The van der Waals surface area contributed by atoms with Crippen molar-refractivity contribution < 1.29 is 0 Å². The summed E-state index contributed by atoms with van der Waals surface area (Å²) in [5.41, 5.74) is 1.26. The van der Waals surface area contributed by atoms with Gasteiger partial charge >= 0.3 is 0 Å². The van der Waals surface area contributed by atoms with Gasteiger partial charge in [-0.25, -0.2) is 0 Å². The van der Waals surface area contributed by atoms with E-state index in [2.05, 4.69) is 17.5 Å². The highest BCUT2D eigenvalue weighted by molar-refractivity contribution is 5.85. The molecule has 2 atom stereocenters. The zero-order valence-corrected chi connectivity index (χ0v) is 7.41. The molecule has 0 bridgehead atoms. The van der Waals surface area contributed by atoms with Crippen LogP contribution in [0.25, 0.3) is 0 Å². The molecule has 1 nitrogen and oxygen atoms in total. The van der Waals surface area contributed by atoms with Crippen LogP contribution in [0, 0.1) is 10.8 Å². The summed E-state index contributed by atoms with van der Waals surface area (Å²) in [7, 11) is 0. The Kier molecular flexibility index (Phi) is 1.40. The van der Waals surface area contributed by atoms with Crippen molar-refractivity contribution in [2.75, 3.05) is 13.1 Å². The highest BCUT2D eigenvalue weighted by atomic mass is 35.5. The maximum Gasteiger partial charge on any atom is 0.0110 e. The first kappa shape index (κ1) is 7.63. The number of hydrogen-bond acceptors (Lipinski definition) is 1. The van der Waals surface area contributed by atoms with Crippen LogP contribution in [0.3, 0.4) is 0 Å². The highest BCUT2D eigenvalue weighted by Gasteiger charge is 2.59. The van der Waals surface area contributed by atoms with Crippen LogP contribution in [-0.4, -0.2) is 13.1 Å². The van der Waals surface area contributed by atoms with Gasteiger partial charge in [-0.05, 0) is 12.8 Å². The number of halogens is 1. The molecule has 2 heteroatoms. The average molecular weight is 172 g/mol. The maximum atomic E-state index is 3.51. The van der Waals surface area contributed by atoms with Crippen LogP contribution < -0.4 is 5.32 Å². The standard InChI is InChI=1S/C9H13N.ClH/c1-2-8-4-5-9(8,3-1)7-10-6-8;/h4-5,10H,1-3,6-7H2;1H. The largest absolute Gasteiger partial charge is 0.315 e. The van der Waals surface area contributed by atoms with Gasteiger partial charge in [-0.2, -0.15) is 0 Å². The molecule has 0 spiro atoms. The summed E-state index contributed by atoms with van der Waals surface area (Å²) in [5.74, 6) is 0. The van der Waals surface area contributed by atoms with Gasteiger partial charge < -0.3 is 5.32 Å². The van der Waals surface area contributed by atoms with E-state index in [0.717, 1.165) is 0 Å². The average Bonchev–Trinajstić information content (AvgIpc) is 2.16. The van der Waals surface area contributed by atoms with E-state index in [4.69, 9.17) is 0 Å². The van der Waals surface area contributed by atoms with Gasteiger partial charge in [-0.15, -0.1) is 12.4 Å². The number of nitrogens with one attached hydrogen (secondary N) is 1. The third-order valence-corrected chi connectivity index (χ3v) is 3.84. The molecule has 2 fully saturated rings. The third kappa shape index (κ3) is 0.623. The molecular weight excluding hydrogens is 158 g/mol.